The maximum atomic E-state index is 13.4. The predicted octanol–water partition coefficient (Wildman–Crippen LogP) is 4.53. The van der Waals surface area contributed by atoms with E-state index in [1.54, 1.807) is 12.1 Å². The number of hydrogen-bond donors (Lipinski definition) is 1. The summed E-state index contributed by atoms with van der Waals surface area (Å²) in [4.78, 5) is 0. The molecular weight excluding hydrogens is 249 g/mol. The fourth-order valence-corrected chi connectivity index (χ4v) is 2.72. The first kappa shape index (κ1) is 14.7. The molecule has 0 aliphatic heterocycles. The fraction of sp³-hybridized carbons (Fsp3) is 0.333. The lowest BCUT2D eigenvalue weighted by molar-refractivity contribution is 0.625. The zero-order chi connectivity index (χ0) is 14.7. The van der Waals surface area contributed by atoms with E-state index >= 15 is 0 Å². The van der Waals surface area contributed by atoms with E-state index in [0.717, 1.165) is 29.8 Å². The van der Waals surface area contributed by atoms with Crippen molar-refractivity contribution in [1.82, 2.24) is 5.32 Å². The predicted molar refractivity (Wildman–Crippen MR) is 83.4 cm³/mol. The average Bonchev–Trinajstić information content (AvgIpc) is 2.37. The lowest BCUT2D eigenvalue weighted by Gasteiger charge is -2.14. The Hall–Kier alpha value is -1.67. The number of benzene rings is 2. The van der Waals surface area contributed by atoms with Crippen molar-refractivity contribution in [2.24, 2.45) is 0 Å². The van der Waals surface area contributed by atoms with Gasteiger partial charge in [-0.1, -0.05) is 25.1 Å². The molecule has 1 N–H and O–H groups in total. The third-order valence-electron chi connectivity index (χ3n) is 3.64. The van der Waals surface area contributed by atoms with Gasteiger partial charge >= 0.3 is 0 Å². The van der Waals surface area contributed by atoms with E-state index in [2.05, 4.69) is 37.4 Å². The van der Waals surface area contributed by atoms with Crippen LogP contribution in [0.25, 0.3) is 11.1 Å². The average molecular weight is 271 g/mol. The molecule has 0 saturated heterocycles. The van der Waals surface area contributed by atoms with Gasteiger partial charge in [0.25, 0.3) is 0 Å². The summed E-state index contributed by atoms with van der Waals surface area (Å²) < 4.78 is 13.4. The largest absolute Gasteiger partial charge is 0.313 e. The van der Waals surface area contributed by atoms with Crippen LogP contribution in [0.2, 0.25) is 0 Å². The van der Waals surface area contributed by atoms with Crippen LogP contribution in [0.15, 0.2) is 30.3 Å². The van der Waals surface area contributed by atoms with E-state index in [1.165, 1.54) is 16.7 Å². The van der Waals surface area contributed by atoms with Crippen LogP contribution in [0.5, 0.6) is 0 Å². The van der Waals surface area contributed by atoms with Gasteiger partial charge < -0.3 is 5.32 Å². The monoisotopic (exact) mass is 271 g/mol. The number of hydrogen-bond acceptors (Lipinski definition) is 1. The molecule has 2 heteroatoms. The van der Waals surface area contributed by atoms with Crippen LogP contribution in [0.3, 0.4) is 0 Å². The summed E-state index contributed by atoms with van der Waals surface area (Å²) in [6.45, 7) is 10.0. The van der Waals surface area contributed by atoms with Crippen molar-refractivity contribution in [2.75, 3.05) is 6.54 Å². The van der Waals surface area contributed by atoms with Gasteiger partial charge in [0.1, 0.15) is 5.82 Å². The van der Waals surface area contributed by atoms with E-state index in [0.29, 0.717) is 0 Å². The van der Waals surface area contributed by atoms with Crippen LogP contribution < -0.4 is 5.32 Å². The summed E-state index contributed by atoms with van der Waals surface area (Å²) in [5, 5.41) is 3.33. The van der Waals surface area contributed by atoms with Gasteiger partial charge in [-0.25, -0.2) is 4.39 Å². The molecular formula is C18H22FN. The third kappa shape index (κ3) is 3.07. The quantitative estimate of drug-likeness (QED) is 0.861. The number of halogens is 1. The molecule has 0 bridgehead atoms. The second-order valence-corrected chi connectivity index (χ2v) is 5.34. The van der Waals surface area contributed by atoms with Gasteiger partial charge in [0, 0.05) is 6.54 Å². The Morgan fingerprint density at radius 3 is 2.15 bits per heavy atom. The van der Waals surface area contributed by atoms with Gasteiger partial charge in [-0.05, 0) is 72.8 Å². The van der Waals surface area contributed by atoms with E-state index in [9.17, 15) is 4.39 Å². The van der Waals surface area contributed by atoms with Gasteiger partial charge in [0.15, 0.2) is 0 Å². The Morgan fingerprint density at radius 2 is 1.60 bits per heavy atom. The molecule has 2 rings (SSSR count). The standard InChI is InChI=1S/C18H22FN/c1-5-20-11-15-6-7-17(12(2)8-15)18-13(3)9-16(19)10-14(18)4/h6-10,20H,5,11H2,1-4H3. The SMILES string of the molecule is CCNCc1ccc(-c2c(C)cc(F)cc2C)c(C)c1. The summed E-state index contributed by atoms with van der Waals surface area (Å²) in [5.74, 6) is -0.162. The molecule has 0 amide bonds. The second kappa shape index (κ2) is 6.19. The molecule has 0 aliphatic carbocycles. The Kier molecular flexibility index (Phi) is 4.56. The van der Waals surface area contributed by atoms with Crippen molar-refractivity contribution >= 4 is 0 Å². The van der Waals surface area contributed by atoms with Crippen molar-refractivity contribution in [1.29, 1.82) is 0 Å². The lowest BCUT2D eigenvalue weighted by Crippen LogP contribution is -2.11. The molecule has 0 aromatic heterocycles. The van der Waals surface area contributed by atoms with Crippen LogP contribution in [0.1, 0.15) is 29.2 Å². The molecule has 0 fully saturated rings. The van der Waals surface area contributed by atoms with Gasteiger partial charge in [0.2, 0.25) is 0 Å². The Morgan fingerprint density at radius 1 is 0.950 bits per heavy atom. The molecule has 0 aliphatic rings. The van der Waals surface area contributed by atoms with Crippen LogP contribution in [-0.2, 0) is 6.54 Å². The Labute approximate surface area is 120 Å². The van der Waals surface area contributed by atoms with E-state index in [-0.39, 0.29) is 5.82 Å². The molecule has 20 heavy (non-hydrogen) atoms. The van der Waals surface area contributed by atoms with Crippen LogP contribution in [0, 0.1) is 26.6 Å². The van der Waals surface area contributed by atoms with Crippen LogP contribution in [-0.4, -0.2) is 6.54 Å². The topological polar surface area (TPSA) is 12.0 Å². The second-order valence-electron chi connectivity index (χ2n) is 5.34. The minimum Gasteiger partial charge on any atom is -0.313 e. The van der Waals surface area contributed by atoms with Crippen molar-refractivity contribution in [3.8, 4) is 11.1 Å². The molecule has 0 saturated carbocycles. The van der Waals surface area contributed by atoms with Gasteiger partial charge in [-0.15, -0.1) is 0 Å². The molecule has 2 aromatic rings. The highest BCUT2D eigenvalue weighted by Gasteiger charge is 2.10. The minimum atomic E-state index is -0.162. The Bertz CT molecular complexity index is 594. The molecule has 0 heterocycles. The van der Waals surface area contributed by atoms with Crippen molar-refractivity contribution in [3.05, 3.63) is 58.4 Å². The molecule has 2 aromatic carbocycles. The molecule has 0 unspecified atom stereocenters. The van der Waals surface area contributed by atoms with Crippen LogP contribution in [0.4, 0.5) is 4.39 Å². The van der Waals surface area contributed by atoms with E-state index in [1.807, 2.05) is 13.8 Å². The first-order valence-corrected chi connectivity index (χ1v) is 7.10. The summed E-state index contributed by atoms with van der Waals surface area (Å²) >= 11 is 0. The highest BCUT2D eigenvalue weighted by molar-refractivity contribution is 5.73. The zero-order valence-electron chi connectivity index (χ0n) is 12.7. The summed E-state index contributed by atoms with van der Waals surface area (Å²) in [6, 6.07) is 9.71. The molecule has 106 valence electrons. The van der Waals surface area contributed by atoms with Gasteiger partial charge in [0.05, 0.1) is 0 Å². The summed E-state index contributed by atoms with van der Waals surface area (Å²) in [6.07, 6.45) is 0. The van der Waals surface area contributed by atoms with E-state index < -0.39 is 0 Å². The summed E-state index contributed by atoms with van der Waals surface area (Å²) in [7, 11) is 0. The van der Waals surface area contributed by atoms with Crippen molar-refractivity contribution < 1.29 is 4.39 Å². The highest BCUT2D eigenvalue weighted by atomic mass is 19.1. The van der Waals surface area contributed by atoms with Gasteiger partial charge in [-0.3, -0.25) is 0 Å². The molecule has 0 atom stereocenters. The normalized spacial score (nSPS) is 10.8. The zero-order valence-corrected chi connectivity index (χ0v) is 12.7. The number of nitrogens with one attached hydrogen (secondary N) is 1. The Balaban J connectivity index is 2.44. The third-order valence-corrected chi connectivity index (χ3v) is 3.64. The minimum absolute atomic E-state index is 0.162. The fourth-order valence-electron chi connectivity index (χ4n) is 2.72. The molecule has 0 spiro atoms. The van der Waals surface area contributed by atoms with Crippen molar-refractivity contribution in [3.63, 3.8) is 0 Å². The maximum Gasteiger partial charge on any atom is 0.123 e. The first-order chi connectivity index (χ1) is 9.52. The smallest absolute Gasteiger partial charge is 0.123 e. The molecule has 0 radical (unpaired) electrons. The summed E-state index contributed by atoms with van der Waals surface area (Å²) in [5.41, 5.74) is 6.85. The highest BCUT2D eigenvalue weighted by Crippen LogP contribution is 2.31. The van der Waals surface area contributed by atoms with Crippen LogP contribution >= 0.6 is 0 Å². The van der Waals surface area contributed by atoms with E-state index in [4.69, 9.17) is 0 Å². The maximum absolute atomic E-state index is 13.4. The molecule has 1 nitrogen and oxygen atoms in total. The van der Waals surface area contributed by atoms with Crippen molar-refractivity contribution in [2.45, 2.75) is 34.2 Å². The van der Waals surface area contributed by atoms with Gasteiger partial charge in [-0.2, -0.15) is 0 Å². The number of rotatable bonds is 4. The number of aryl methyl sites for hydroxylation is 3. The lowest BCUT2D eigenvalue weighted by atomic mass is 9.91. The first-order valence-electron chi connectivity index (χ1n) is 7.10.